The highest BCUT2D eigenvalue weighted by molar-refractivity contribution is 5.72. The largest absolute Gasteiger partial charge is 0.493 e. The molecule has 0 spiro atoms. The molecular formula is C26H32NO3+. The summed E-state index contributed by atoms with van der Waals surface area (Å²) in [5.41, 5.74) is 2.60. The van der Waals surface area contributed by atoms with Crippen LogP contribution in [0.5, 0.6) is 17.2 Å². The molecule has 4 aliphatic carbocycles. The number of benzene rings is 1. The topological polar surface area (TPSA) is 31.6 Å². The number of methoxy groups -OCH3 is 3. The van der Waals surface area contributed by atoms with Crippen LogP contribution in [0.25, 0.3) is 12.2 Å². The minimum absolute atomic E-state index is 0.383. The van der Waals surface area contributed by atoms with E-state index in [1.54, 1.807) is 21.3 Å². The molecule has 0 saturated heterocycles. The lowest BCUT2D eigenvalue weighted by molar-refractivity contribution is -0.776. The minimum Gasteiger partial charge on any atom is -0.493 e. The number of aromatic nitrogens is 1. The van der Waals surface area contributed by atoms with E-state index in [4.69, 9.17) is 14.2 Å². The monoisotopic (exact) mass is 406 g/mol. The van der Waals surface area contributed by atoms with E-state index in [1.807, 2.05) is 12.1 Å². The summed E-state index contributed by atoms with van der Waals surface area (Å²) in [5.74, 6) is 4.84. The standard InChI is InChI=1S/C26H32NO3/c1-28-23-13-19(14-24(29-2)25(23)30-3)5-4-18-6-8-27(9-7-18)26-15-20-10-21(16-26)12-22(11-20)17-26/h4-9,13-14,20-22H,10-12,15-17H2,1-3H3/q+1/b5-4+. The maximum Gasteiger partial charge on any atom is 0.203 e. The van der Waals surface area contributed by atoms with E-state index in [2.05, 4.69) is 41.2 Å². The molecule has 4 aliphatic rings. The van der Waals surface area contributed by atoms with Gasteiger partial charge in [0.1, 0.15) is 0 Å². The van der Waals surface area contributed by atoms with Crippen LogP contribution in [0.3, 0.4) is 0 Å². The zero-order chi connectivity index (χ0) is 20.7. The predicted octanol–water partition coefficient (Wildman–Crippen LogP) is 5.10. The predicted molar refractivity (Wildman–Crippen MR) is 118 cm³/mol. The Morgan fingerprint density at radius 1 is 0.767 bits per heavy atom. The summed E-state index contributed by atoms with van der Waals surface area (Å²) in [6.45, 7) is 0. The van der Waals surface area contributed by atoms with Gasteiger partial charge in [-0.05, 0) is 60.3 Å². The van der Waals surface area contributed by atoms with Gasteiger partial charge >= 0.3 is 0 Å². The van der Waals surface area contributed by atoms with E-state index in [1.165, 1.54) is 44.1 Å². The Kier molecular flexibility index (Phi) is 4.96. The Morgan fingerprint density at radius 3 is 1.73 bits per heavy atom. The molecule has 0 amide bonds. The van der Waals surface area contributed by atoms with Crippen molar-refractivity contribution in [3.63, 3.8) is 0 Å². The van der Waals surface area contributed by atoms with Crippen LogP contribution in [-0.4, -0.2) is 21.3 Å². The second kappa shape index (κ2) is 7.64. The average Bonchev–Trinajstić information content (AvgIpc) is 2.76. The van der Waals surface area contributed by atoms with Gasteiger partial charge in [0.15, 0.2) is 29.4 Å². The van der Waals surface area contributed by atoms with Gasteiger partial charge in [0.2, 0.25) is 5.75 Å². The fourth-order valence-electron chi connectivity index (χ4n) is 6.64. The van der Waals surface area contributed by atoms with Gasteiger partial charge in [-0.1, -0.05) is 12.2 Å². The third-order valence-electron chi connectivity index (χ3n) is 7.56. The Bertz CT molecular complexity index is 887. The molecule has 0 unspecified atom stereocenters. The molecular weight excluding hydrogens is 374 g/mol. The average molecular weight is 407 g/mol. The van der Waals surface area contributed by atoms with Crippen molar-refractivity contribution in [2.75, 3.05) is 21.3 Å². The molecule has 30 heavy (non-hydrogen) atoms. The minimum atomic E-state index is 0.383. The van der Waals surface area contributed by atoms with Crippen molar-refractivity contribution in [1.82, 2.24) is 0 Å². The van der Waals surface area contributed by atoms with Crippen LogP contribution in [0.4, 0.5) is 0 Å². The van der Waals surface area contributed by atoms with Gasteiger partial charge in [-0.15, -0.1) is 0 Å². The summed E-state index contributed by atoms with van der Waals surface area (Å²) in [5, 5.41) is 0. The van der Waals surface area contributed by atoms with E-state index in [9.17, 15) is 0 Å². The maximum atomic E-state index is 5.46. The summed E-state index contributed by atoms with van der Waals surface area (Å²) in [6, 6.07) is 8.42. The molecule has 0 N–H and O–H groups in total. The first kappa shape index (κ1) is 19.5. The van der Waals surface area contributed by atoms with Gasteiger partial charge in [-0.25, -0.2) is 0 Å². The zero-order valence-electron chi connectivity index (χ0n) is 18.3. The van der Waals surface area contributed by atoms with Crippen molar-refractivity contribution in [2.45, 2.75) is 44.1 Å². The van der Waals surface area contributed by atoms with Crippen molar-refractivity contribution in [3.8, 4) is 17.2 Å². The molecule has 1 aromatic heterocycles. The third kappa shape index (κ3) is 3.36. The van der Waals surface area contributed by atoms with Gasteiger partial charge in [-0.2, -0.15) is 4.57 Å². The van der Waals surface area contributed by atoms with Crippen LogP contribution >= 0.6 is 0 Å². The molecule has 4 fully saturated rings. The number of nitrogens with zero attached hydrogens (tertiary/aromatic N) is 1. The Morgan fingerprint density at radius 2 is 1.27 bits per heavy atom. The zero-order valence-corrected chi connectivity index (χ0v) is 18.3. The highest BCUT2D eigenvalue weighted by Crippen LogP contribution is 2.56. The van der Waals surface area contributed by atoms with E-state index >= 15 is 0 Å². The van der Waals surface area contributed by atoms with Gasteiger partial charge in [0.05, 0.1) is 21.3 Å². The smallest absolute Gasteiger partial charge is 0.203 e. The Labute approximate surface area is 179 Å². The highest BCUT2D eigenvalue weighted by Gasteiger charge is 2.56. The number of hydrogen-bond donors (Lipinski definition) is 0. The van der Waals surface area contributed by atoms with E-state index in [0.29, 0.717) is 22.8 Å². The lowest BCUT2D eigenvalue weighted by Gasteiger charge is -2.53. The first-order valence-electron chi connectivity index (χ1n) is 11.1. The highest BCUT2D eigenvalue weighted by atomic mass is 16.5. The van der Waals surface area contributed by atoms with E-state index in [0.717, 1.165) is 23.3 Å². The van der Waals surface area contributed by atoms with Crippen LogP contribution in [0.2, 0.25) is 0 Å². The van der Waals surface area contributed by atoms with E-state index in [-0.39, 0.29) is 0 Å². The summed E-state index contributed by atoms with van der Waals surface area (Å²) < 4.78 is 18.9. The lowest BCUT2D eigenvalue weighted by Crippen LogP contribution is -2.64. The molecule has 4 nitrogen and oxygen atoms in total. The molecule has 4 bridgehead atoms. The van der Waals surface area contributed by atoms with Gasteiger partial charge in [0.25, 0.3) is 0 Å². The molecule has 1 aromatic carbocycles. The van der Waals surface area contributed by atoms with Crippen molar-refractivity contribution >= 4 is 12.2 Å². The fourth-order valence-corrected chi connectivity index (χ4v) is 6.64. The quantitative estimate of drug-likeness (QED) is 0.626. The first-order valence-corrected chi connectivity index (χ1v) is 11.1. The molecule has 4 heteroatoms. The first-order chi connectivity index (χ1) is 14.6. The molecule has 0 radical (unpaired) electrons. The molecule has 2 aromatic rings. The molecule has 6 rings (SSSR count). The number of hydrogen-bond acceptors (Lipinski definition) is 3. The third-order valence-corrected chi connectivity index (χ3v) is 7.56. The van der Waals surface area contributed by atoms with Gasteiger partial charge < -0.3 is 14.2 Å². The number of rotatable bonds is 6. The molecule has 0 aliphatic heterocycles. The van der Waals surface area contributed by atoms with Crippen molar-refractivity contribution < 1.29 is 18.8 Å². The van der Waals surface area contributed by atoms with Crippen molar-refractivity contribution in [1.29, 1.82) is 0 Å². The van der Waals surface area contributed by atoms with Gasteiger partial charge in [0, 0.05) is 31.4 Å². The molecule has 1 heterocycles. The summed E-state index contributed by atoms with van der Waals surface area (Å²) >= 11 is 0. The van der Waals surface area contributed by atoms with Crippen LogP contribution in [-0.2, 0) is 5.54 Å². The number of ether oxygens (including phenoxy) is 3. The second-order valence-electron chi connectivity index (χ2n) is 9.47. The van der Waals surface area contributed by atoms with Crippen LogP contribution < -0.4 is 18.8 Å². The summed E-state index contributed by atoms with van der Waals surface area (Å²) in [6.07, 6.45) is 17.4. The lowest BCUT2D eigenvalue weighted by atomic mass is 9.53. The normalized spacial score (nSPS) is 29.4. The van der Waals surface area contributed by atoms with Crippen LogP contribution in [0, 0.1) is 17.8 Å². The van der Waals surface area contributed by atoms with Gasteiger partial charge in [-0.3, -0.25) is 0 Å². The van der Waals surface area contributed by atoms with Crippen LogP contribution in [0.1, 0.15) is 49.7 Å². The SMILES string of the molecule is COc1cc(/C=C/c2cc[n+](C34CC5CC(CC(C5)C3)C4)cc2)cc(OC)c1OC. The number of pyridine rings is 1. The molecule has 4 saturated carbocycles. The maximum absolute atomic E-state index is 5.46. The summed E-state index contributed by atoms with van der Waals surface area (Å²) in [7, 11) is 4.91. The Balaban J connectivity index is 1.36. The molecule has 0 atom stereocenters. The Hall–Kier alpha value is -2.49. The van der Waals surface area contributed by atoms with E-state index < -0.39 is 0 Å². The molecule has 158 valence electrons. The van der Waals surface area contributed by atoms with Crippen LogP contribution in [0.15, 0.2) is 36.7 Å². The summed E-state index contributed by atoms with van der Waals surface area (Å²) in [4.78, 5) is 0. The van der Waals surface area contributed by atoms with Crippen molar-refractivity contribution in [3.05, 3.63) is 47.8 Å². The second-order valence-corrected chi connectivity index (χ2v) is 9.47. The fraction of sp³-hybridized carbons (Fsp3) is 0.500. The van der Waals surface area contributed by atoms with Crippen molar-refractivity contribution in [2.24, 2.45) is 17.8 Å².